The van der Waals surface area contributed by atoms with Crippen LogP contribution in [-0.4, -0.2) is 52.0 Å². The van der Waals surface area contributed by atoms with E-state index in [1.54, 1.807) is 0 Å². The number of benzene rings is 1. The Labute approximate surface area is 186 Å². The van der Waals surface area contributed by atoms with Crippen molar-refractivity contribution in [1.82, 2.24) is 19.9 Å². The number of piperidine rings is 2. The van der Waals surface area contributed by atoms with Gasteiger partial charge in [0.05, 0.1) is 6.54 Å². The summed E-state index contributed by atoms with van der Waals surface area (Å²) in [6.07, 6.45) is 4.22. The fourth-order valence-corrected chi connectivity index (χ4v) is 4.73. The molecule has 1 aromatic carbocycles. The van der Waals surface area contributed by atoms with Gasteiger partial charge in [0, 0.05) is 24.6 Å². The lowest BCUT2D eigenvalue weighted by atomic mass is 9.87. The number of rotatable bonds is 4. The third-order valence-electron chi connectivity index (χ3n) is 6.74. The fraction of sp³-hybridized carbons (Fsp3) is 0.640. The number of hydrogen-bond acceptors (Lipinski definition) is 5. The number of carbonyl (C=O) groups excluding carboxylic acids is 1. The maximum atomic E-state index is 12.9. The summed E-state index contributed by atoms with van der Waals surface area (Å²) in [5.74, 6) is 2.45. The molecule has 2 aromatic rings. The van der Waals surface area contributed by atoms with E-state index in [-0.39, 0.29) is 11.3 Å². The summed E-state index contributed by atoms with van der Waals surface area (Å²) in [5.41, 5.74) is 2.39. The van der Waals surface area contributed by atoms with Crippen molar-refractivity contribution in [1.29, 1.82) is 0 Å². The largest absolute Gasteiger partial charge is 0.342 e. The highest BCUT2D eigenvalue weighted by atomic mass is 16.5. The lowest BCUT2D eigenvalue weighted by Crippen LogP contribution is -2.45. The molecule has 1 aromatic heterocycles. The molecular formula is C25H36N4O2. The molecule has 2 fully saturated rings. The number of hydrogen-bond donors (Lipinski definition) is 0. The summed E-state index contributed by atoms with van der Waals surface area (Å²) >= 11 is 0. The minimum atomic E-state index is 0.126. The number of nitrogens with zero attached hydrogens (tertiary/aromatic N) is 4. The molecule has 2 aliphatic rings. The van der Waals surface area contributed by atoms with Gasteiger partial charge in [-0.25, -0.2) is 0 Å². The molecule has 0 N–H and O–H groups in total. The van der Waals surface area contributed by atoms with Crippen molar-refractivity contribution >= 4 is 5.91 Å². The van der Waals surface area contributed by atoms with E-state index in [9.17, 15) is 4.79 Å². The van der Waals surface area contributed by atoms with Gasteiger partial charge in [0.1, 0.15) is 0 Å². The van der Waals surface area contributed by atoms with Crippen LogP contribution in [0.1, 0.15) is 64.8 Å². The van der Waals surface area contributed by atoms with Crippen molar-refractivity contribution < 1.29 is 9.32 Å². The molecule has 1 amide bonds. The minimum Gasteiger partial charge on any atom is -0.342 e. The lowest BCUT2D eigenvalue weighted by molar-refractivity contribution is -0.138. The minimum absolute atomic E-state index is 0.126. The Bertz CT molecular complexity index is 876. The van der Waals surface area contributed by atoms with Crippen molar-refractivity contribution in [2.75, 3.05) is 26.2 Å². The first-order valence-electron chi connectivity index (χ1n) is 11.7. The van der Waals surface area contributed by atoms with Gasteiger partial charge in [-0.3, -0.25) is 9.69 Å². The van der Waals surface area contributed by atoms with Crippen molar-refractivity contribution in [3.63, 3.8) is 0 Å². The van der Waals surface area contributed by atoms with Crippen LogP contribution < -0.4 is 0 Å². The number of carbonyl (C=O) groups is 1. The molecule has 4 rings (SSSR count). The highest BCUT2D eigenvalue weighted by molar-refractivity contribution is 5.79. The first kappa shape index (κ1) is 22.0. The summed E-state index contributed by atoms with van der Waals surface area (Å²) in [6, 6.07) is 8.40. The van der Waals surface area contributed by atoms with E-state index in [1.165, 1.54) is 12.0 Å². The third kappa shape index (κ3) is 5.35. The van der Waals surface area contributed by atoms with Gasteiger partial charge in [0.2, 0.25) is 17.6 Å². The van der Waals surface area contributed by atoms with Crippen LogP contribution in [0.3, 0.4) is 0 Å². The summed E-state index contributed by atoms with van der Waals surface area (Å²) in [4.78, 5) is 21.9. The topological polar surface area (TPSA) is 62.5 Å². The van der Waals surface area contributed by atoms with Gasteiger partial charge in [-0.1, -0.05) is 57.1 Å². The molecule has 1 unspecified atom stereocenters. The zero-order valence-corrected chi connectivity index (χ0v) is 19.4. The molecule has 0 saturated carbocycles. The van der Waals surface area contributed by atoms with E-state index in [4.69, 9.17) is 4.52 Å². The average Bonchev–Trinajstić information content (AvgIpc) is 3.22. The highest BCUT2D eigenvalue weighted by Crippen LogP contribution is 2.26. The van der Waals surface area contributed by atoms with Crippen LogP contribution in [0, 0.1) is 11.8 Å². The molecule has 2 aliphatic heterocycles. The lowest BCUT2D eigenvalue weighted by Gasteiger charge is -2.36. The van der Waals surface area contributed by atoms with Gasteiger partial charge >= 0.3 is 0 Å². The van der Waals surface area contributed by atoms with E-state index >= 15 is 0 Å². The Morgan fingerprint density at radius 3 is 2.45 bits per heavy atom. The van der Waals surface area contributed by atoms with Gasteiger partial charge in [-0.15, -0.1) is 0 Å². The monoisotopic (exact) mass is 424 g/mol. The number of likely N-dealkylation sites (tertiary alicyclic amines) is 2. The van der Waals surface area contributed by atoms with Gasteiger partial charge in [0.25, 0.3) is 0 Å². The van der Waals surface area contributed by atoms with Crippen molar-refractivity contribution in [3.05, 3.63) is 35.7 Å². The predicted octanol–water partition coefficient (Wildman–Crippen LogP) is 4.50. The zero-order chi connectivity index (χ0) is 22.0. The molecule has 6 heteroatoms. The van der Waals surface area contributed by atoms with Gasteiger partial charge in [-0.2, -0.15) is 4.98 Å². The van der Waals surface area contributed by atoms with Gasteiger partial charge < -0.3 is 9.42 Å². The second-order valence-electron chi connectivity index (χ2n) is 10.4. The molecule has 2 saturated heterocycles. The Morgan fingerprint density at radius 1 is 1.10 bits per heavy atom. The van der Waals surface area contributed by atoms with Crippen LogP contribution in [0.4, 0.5) is 0 Å². The van der Waals surface area contributed by atoms with Crippen LogP contribution in [-0.2, 0) is 16.8 Å². The van der Waals surface area contributed by atoms with E-state index in [1.807, 2.05) is 0 Å². The zero-order valence-electron chi connectivity index (χ0n) is 19.4. The number of amides is 1. The fourth-order valence-electron chi connectivity index (χ4n) is 4.73. The SMILES string of the molecule is CC1CCCN(C(=O)C2CCN(Cc3nc(-c4ccc(C(C)(C)C)cc4)no3)CC2)C1. The molecule has 0 radical (unpaired) electrons. The molecule has 0 spiro atoms. The Balaban J connectivity index is 1.29. The van der Waals surface area contributed by atoms with Crippen LogP contribution >= 0.6 is 0 Å². The maximum absolute atomic E-state index is 12.9. The standard InChI is InChI=1S/C25H36N4O2/c1-18-6-5-13-29(16-18)24(30)20-11-14-28(15-12-20)17-22-26-23(27-31-22)19-7-9-21(10-8-19)25(2,3)4/h7-10,18,20H,5-6,11-17H2,1-4H3. The molecule has 31 heavy (non-hydrogen) atoms. The average molecular weight is 425 g/mol. The first-order valence-corrected chi connectivity index (χ1v) is 11.7. The molecule has 6 nitrogen and oxygen atoms in total. The normalized spacial score (nSPS) is 21.4. The third-order valence-corrected chi connectivity index (χ3v) is 6.74. The van der Waals surface area contributed by atoms with Crippen LogP contribution in [0.5, 0.6) is 0 Å². The van der Waals surface area contributed by atoms with E-state index in [0.717, 1.165) is 51.0 Å². The molecule has 0 bridgehead atoms. The van der Waals surface area contributed by atoms with Crippen LogP contribution in [0.25, 0.3) is 11.4 Å². The van der Waals surface area contributed by atoms with Crippen molar-refractivity contribution in [2.24, 2.45) is 11.8 Å². The molecule has 168 valence electrons. The van der Waals surface area contributed by atoms with Gasteiger partial charge in [0.15, 0.2) is 0 Å². The first-order chi connectivity index (χ1) is 14.8. The van der Waals surface area contributed by atoms with E-state index < -0.39 is 0 Å². The van der Waals surface area contributed by atoms with E-state index in [2.05, 4.69) is 71.9 Å². The summed E-state index contributed by atoms with van der Waals surface area (Å²) in [5, 5.41) is 4.18. The smallest absolute Gasteiger partial charge is 0.241 e. The number of aromatic nitrogens is 2. The van der Waals surface area contributed by atoms with Crippen molar-refractivity contribution in [2.45, 2.75) is 65.3 Å². The Morgan fingerprint density at radius 2 is 1.81 bits per heavy atom. The Hall–Kier alpha value is -2.21. The summed E-state index contributed by atoms with van der Waals surface area (Å²) in [7, 11) is 0. The molecule has 1 atom stereocenters. The predicted molar refractivity (Wildman–Crippen MR) is 121 cm³/mol. The molecule has 0 aliphatic carbocycles. The Kier molecular flexibility index (Phi) is 6.47. The molecule has 3 heterocycles. The van der Waals surface area contributed by atoms with Crippen LogP contribution in [0.2, 0.25) is 0 Å². The molecular weight excluding hydrogens is 388 g/mol. The van der Waals surface area contributed by atoms with Crippen molar-refractivity contribution in [3.8, 4) is 11.4 Å². The van der Waals surface area contributed by atoms with Gasteiger partial charge in [-0.05, 0) is 55.7 Å². The quantitative estimate of drug-likeness (QED) is 0.723. The highest BCUT2D eigenvalue weighted by Gasteiger charge is 2.31. The summed E-state index contributed by atoms with van der Waals surface area (Å²) in [6.45, 7) is 13.2. The maximum Gasteiger partial charge on any atom is 0.241 e. The summed E-state index contributed by atoms with van der Waals surface area (Å²) < 4.78 is 5.52. The second kappa shape index (κ2) is 9.11. The van der Waals surface area contributed by atoms with Crippen LogP contribution in [0.15, 0.2) is 28.8 Å². The van der Waals surface area contributed by atoms with E-state index in [0.29, 0.717) is 30.1 Å². The second-order valence-corrected chi connectivity index (χ2v) is 10.4.